The number of amides is 1. The predicted molar refractivity (Wildman–Crippen MR) is 114 cm³/mol. The van der Waals surface area contributed by atoms with E-state index in [1.165, 1.54) is 16.8 Å². The van der Waals surface area contributed by atoms with Crippen LogP contribution in [0, 0.1) is 0 Å². The number of carbonyl (C=O) groups is 1. The summed E-state index contributed by atoms with van der Waals surface area (Å²) < 4.78 is 2.46. The summed E-state index contributed by atoms with van der Waals surface area (Å²) in [5.41, 5.74) is 4.87. The van der Waals surface area contributed by atoms with Crippen LogP contribution in [-0.4, -0.2) is 45.0 Å². The second-order valence-corrected chi connectivity index (χ2v) is 8.00. The molecule has 0 N–H and O–H groups in total. The van der Waals surface area contributed by atoms with E-state index in [0.29, 0.717) is 17.9 Å². The normalized spacial score (nSPS) is 16.3. The van der Waals surface area contributed by atoms with Gasteiger partial charge in [0.05, 0.1) is 10.5 Å². The fraction of sp³-hybridized carbons (Fsp3) is 0.381. The SMILES string of the molecule is CCN(CC)c1ccc2c(c1)C(C)N(C(=O)c1cc3ncc(Br)cn3n1)CC2. The molecular weight excluding hydrogens is 418 g/mol. The average molecular weight is 442 g/mol. The molecule has 1 unspecified atom stereocenters. The molecule has 0 spiro atoms. The lowest BCUT2D eigenvalue weighted by Gasteiger charge is -2.36. The van der Waals surface area contributed by atoms with Crippen molar-refractivity contribution in [2.75, 3.05) is 24.5 Å². The highest BCUT2D eigenvalue weighted by molar-refractivity contribution is 9.10. The first kappa shape index (κ1) is 18.9. The number of halogens is 1. The molecular formula is C21H24BrN5O. The van der Waals surface area contributed by atoms with E-state index >= 15 is 0 Å². The van der Waals surface area contributed by atoms with Crippen molar-refractivity contribution in [1.82, 2.24) is 19.5 Å². The Bertz CT molecular complexity index is 1030. The Morgan fingerprint density at radius 1 is 1.29 bits per heavy atom. The van der Waals surface area contributed by atoms with Crippen molar-refractivity contribution in [3.05, 3.63) is 58.0 Å². The first-order valence-corrected chi connectivity index (χ1v) is 10.5. The van der Waals surface area contributed by atoms with Gasteiger partial charge in [0.25, 0.3) is 5.91 Å². The molecule has 0 radical (unpaired) electrons. The third-order valence-electron chi connectivity index (χ3n) is 5.56. The van der Waals surface area contributed by atoms with Crippen molar-refractivity contribution in [2.24, 2.45) is 0 Å². The topological polar surface area (TPSA) is 53.7 Å². The van der Waals surface area contributed by atoms with Crippen LogP contribution in [0.15, 0.2) is 41.1 Å². The van der Waals surface area contributed by atoms with Gasteiger partial charge < -0.3 is 9.80 Å². The zero-order valence-electron chi connectivity index (χ0n) is 16.4. The van der Waals surface area contributed by atoms with E-state index in [9.17, 15) is 4.79 Å². The van der Waals surface area contributed by atoms with Gasteiger partial charge in [-0.05, 0) is 66.4 Å². The lowest BCUT2D eigenvalue weighted by atomic mass is 9.92. The summed E-state index contributed by atoms with van der Waals surface area (Å²) in [6, 6.07) is 8.42. The van der Waals surface area contributed by atoms with E-state index in [2.05, 4.69) is 69.9 Å². The third-order valence-corrected chi connectivity index (χ3v) is 5.97. The van der Waals surface area contributed by atoms with Gasteiger partial charge in [-0.25, -0.2) is 9.50 Å². The van der Waals surface area contributed by atoms with E-state index in [-0.39, 0.29) is 11.9 Å². The molecule has 1 aliphatic heterocycles. The Morgan fingerprint density at radius 2 is 2.07 bits per heavy atom. The summed E-state index contributed by atoms with van der Waals surface area (Å²) in [6.07, 6.45) is 4.38. The number of aromatic nitrogens is 3. The highest BCUT2D eigenvalue weighted by Crippen LogP contribution is 2.33. The van der Waals surface area contributed by atoms with Crippen LogP contribution in [-0.2, 0) is 6.42 Å². The summed E-state index contributed by atoms with van der Waals surface area (Å²) in [5, 5.41) is 4.44. The van der Waals surface area contributed by atoms with Gasteiger partial charge in [0.1, 0.15) is 0 Å². The number of benzene rings is 1. The molecule has 0 aliphatic carbocycles. The van der Waals surface area contributed by atoms with Crippen LogP contribution in [0.1, 0.15) is 48.4 Å². The maximum atomic E-state index is 13.2. The first-order chi connectivity index (χ1) is 13.5. The maximum absolute atomic E-state index is 13.2. The van der Waals surface area contributed by atoms with Gasteiger partial charge in [-0.2, -0.15) is 5.10 Å². The average Bonchev–Trinajstić information content (AvgIpc) is 3.12. The Hall–Kier alpha value is -2.41. The van der Waals surface area contributed by atoms with Gasteiger partial charge in [0.15, 0.2) is 11.3 Å². The molecule has 7 heteroatoms. The molecule has 6 nitrogen and oxygen atoms in total. The summed E-state index contributed by atoms with van der Waals surface area (Å²) in [5.74, 6) is -0.0481. The summed E-state index contributed by atoms with van der Waals surface area (Å²) in [7, 11) is 0. The minimum Gasteiger partial charge on any atom is -0.372 e. The molecule has 3 aromatic rings. The van der Waals surface area contributed by atoms with Crippen LogP contribution in [0.5, 0.6) is 0 Å². The van der Waals surface area contributed by atoms with Crippen LogP contribution in [0.25, 0.3) is 5.65 Å². The Morgan fingerprint density at radius 3 is 2.82 bits per heavy atom. The van der Waals surface area contributed by atoms with Gasteiger partial charge in [0.2, 0.25) is 0 Å². The largest absolute Gasteiger partial charge is 0.372 e. The Kier molecular flexibility index (Phi) is 5.10. The van der Waals surface area contributed by atoms with Crippen LogP contribution in [0.3, 0.4) is 0 Å². The quantitative estimate of drug-likeness (QED) is 0.611. The van der Waals surface area contributed by atoms with Gasteiger partial charge in [0, 0.05) is 43.8 Å². The third kappa shape index (κ3) is 3.28. The van der Waals surface area contributed by atoms with E-state index in [0.717, 1.165) is 24.0 Å². The molecule has 3 heterocycles. The number of anilines is 1. The second-order valence-electron chi connectivity index (χ2n) is 7.08. The Balaban J connectivity index is 1.64. The van der Waals surface area contributed by atoms with Gasteiger partial charge >= 0.3 is 0 Å². The number of rotatable bonds is 4. The van der Waals surface area contributed by atoms with Crippen molar-refractivity contribution in [3.8, 4) is 0 Å². The predicted octanol–water partition coefficient (Wildman–Crippen LogP) is 4.10. The van der Waals surface area contributed by atoms with Crippen LogP contribution < -0.4 is 4.90 Å². The van der Waals surface area contributed by atoms with Crippen LogP contribution in [0.4, 0.5) is 5.69 Å². The fourth-order valence-corrected chi connectivity index (χ4v) is 4.27. The van der Waals surface area contributed by atoms with Crippen molar-refractivity contribution in [1.29, 1.82) is 0 Å². The van der Waals surface area contributed by atoms with Crippen molar-refractivity contribution < 1.29 is 4.79 Å². The summed E-state index contributed by atoms with van der Waals surface area (Å²) in [6.45, 7) is 9.07. The van der Waals surface area contributed by atoms with Crippen LogP contribution in [0.2, 0.25) is 0 Å². The number of nitrogens with zero attached hydrogens (tertiary/aromatic N) is 5. The molecule has 1 aromatic carbocycles. The van der Waals surface area contributed by atoms with Crippen molar-refractivity contribution in [3.63, 3.8) is 0 Å². The van der Waals surface area contributed by atoms with E-state index in [1.807, 2.05) is 11.1 Å². The fourth-order valence-electron chi connectivity index (χ4n) is 3.97. The molecule has 28 heavy (non-hydrogen) atoms. The number of hydrogen-bond donors (Lipinski definition) is 0. The lowest BCUT2D eigenvalue weighted by Crippen LogP contribution is -2.39. The molecule has 0 fully saturated rings. The van der Waals surface area contributed by atoms with Gasteiger partial charge in [-0.3, -0.25) is 4.79 Å². The zero-order valence-corrected chi connectivity index (χ0v) is 18.0. The summed E-state index contributed by atoms with van der Waals surface area (Å²) in [4.78, 5) is 21.8. The van der Waals surface area contributed by atoms with E-state index in [4.69, 9.17) is 0 Å². The highest BCUT2D eigenvalue weighted by atomic mass is 79.9. The maximum Gasteiger partial charge on any atom is 0.274 e. The van der Waals surface area contributed by atoms with Gasteiger partial charge in [-0.15, -0.1) is 0 Å². The molecule has 0 bridgehead atoms. The molecule has 0 saturated carbocycles. The molecule has 4 rings (SSSR count). The monoisotopic (exact) mass is 441 g/mol. The van der Waals surface area contributed by atoms with Crippen LogP contribution >= 0.6 is 15.9 Å². The minimum atomic E-state index is -0.0481. The Labute approximate surface area is 173 Å². The lowest BCUT2D eigenvalue weighted by molar-refractivity contribution is 0.0671. The number of hydrogen-bond acceptors (Lipinski definition) is 4. The van der Waals surface area contributed by atoms with Crippen molar-refractivity contribution in [2.45, 2.75) is 33.2 Å². The smallest absolute Gasteiger partial charge is 0.274 e. The first-order valence-electron chi connectivity index (χ1n) is 9.71. The zero-order chi connectivity index (χ0) is 19.8. The second kappa shape index (κ2) is 7.54. The highest BCUT2D eigenvalue weighted by Gasteiger charge is 2.30. The molecule has 146 valence electrons. The minimum absolute atomic E-state index is 0.0104. The van der Waals surface area contributed by atoms with Gasteiger partial charge in [-0.1, -0.05) is 6.07 Å². The standard InChI is InChI=1S/C21H24BrN5O/c1-4-25(5-2)17-7-6-15-8-9-26(14(3)18(15)10-17)21(28)19-11-20-23-12-16(22)13-27(20)24-19/h6-7,10-14H,4-5,8-9H2,1-3H3. The molecule has 2 aromatic heterocycles. The molecule has 0 saturated heterocycles. The van der Waals surface area contributed by atoms with E-state index < -0.39 is 0 Å². The molecule has 1 aliphatic rings. The summed E-state index contributed by atoms with van der Waals surface area (Å²) >= 11 is 3.39. The number of fused-ring (bicyclic) bond motifs is 2. The van der Waals surface area contributed by atoms with E-state index in [1.54, 1.807) is 16.8 Å². The molecule has 1 atom stereocenters. The number of carbonyl (C=O) groups excluding carboxylic acids is 1. The molecule has 1 amide bonds. The van der Waals surface area contributed by atoms with Crippen molar-refractivity contribution >= 4 is 33.2 Å².